The molecule has 1 aliphatic heterocycles. The van der Waals surface area contributed by atoms with Gasteiger partial charge in [0.2, 0.25) is 0 Å². The first-order chi connectivity index (χ1) is 4.29. The predicted molar refractivity (Wildman–Crippen MR) is 35.1 cm³/mol. The first-order valence-corrected chi connectivity index (χ1v) is 3.52. The van der Waals surface area contributed by atoms with Crippen molar-refractivity contribution in [3.8, 4) is 0 Å². The largest absolute Gasteiger partial charge is 0.353 e. The van der Waals surface area contributed by atoms with Gasteiger partial charge in [0.05, 0.1) is 13.2 Å². The Bertz CT molecular complexity index is 73.0. The molecule has 0 aromatic heterocycles. The number of hydrogen-bond acceptors (Lipinski definition) is 2. The molecule has 1 saturated heterocycles. The summed E-state index contributed by atoms with van der Waals surface area (Å²) in [6, 6.07) is 0. The molecule has 9 heavy (non-hydrogen) atoms. The van der Waals surface area contributed by atoms with Crippen LogP contribution in [0.15, 0.2) is 0 Å². The monoisotopic (exact) mass is 130 g/mol. The summed E-state index contributed by atoms with van der Waals surface area (Å²) in [6.45, 7) is 5.82. The average molecular weight is 130 g/mol. The average Bonchev–Trinajstić information content (AvgIpc) is 1.97. The van der Waals surface area contributed by atoms with Crippen LogP contribution in [0, 0.1) is 5.92 Å². The predicted octanol–water partition coefficient (Wildman–Crippen LogP) is 1.41. The fourth-order valence-electron chi connectivity index (χ4n) is 0.866. The van der Waals surface area contributed by atoms with Crippen molar-refractivity contribution in [2.24, 2.45) is 5.92 Å². The molecule has 2 atom stereocenters. The molecule has 0 spiro atoms. The summed E-state index contributed by atoms with van der Waals surface area (Å²) in [5, 5.41) is 0. The summed E-state index contributed by atoms with van der Waals surface area (Å²) >= 11 is 0. The van der Waals surface area contributed by atoms with Crippen LogP contribution in [-0.4, -0.2) is 19.5 Å². The standard InChI is InChI=1S/C7H14O2/c1-6-3-4-8-7(2)9-5-6/h6-7H,3-5H2,1-2H3. The maximum atomic E-state index is 5.29. The van der Waals surface area contributed by atoms with Crippen LogP contribution < -0.4 is 0 Å². The molecule has 2 heteroatoms. The Kier molecular flexibility index (Phi) is 2.49. The van der Waals surface area contributed by atoms with E-state index in [1.807, 2.05) is 6.92 Å². The van der Waals surface area contributed by atoms with E-state index in [1.54, 1.807) is 0 Å². The van der Waals surface area contributed by atoms with Gasteiger partial charge in [-0.1, -0.05) is 6.92 Å². The first kappa shape index (κ1) is 7.03. The smallest absolute Gasteiger partial charge is 0.154 e. The fourth-order valence-corrected chi connectivity index (χ4v) is 0.866. The molecule has 54 valence electrons. The SMILES string of the molecule is CC1CCOC(C)OC1. The molecule has 0 N–H and O–H groups in total. The number of hydrogen-bond donors (Lipinski definition) is 0. The van der Waals surface area contributed by atoms with E-state index in [1.165, 1.54) is 0 Å². The van der Waals surface area contributed by atoms with Gasteiger partial charge in [0.15, 0.2) is 6.29 Å². The van der Waals surface area contributed by atoms with Crippen LogP contribution in [0.5, 0.6) is 0 Å². The third-order valence-corrected chi connectivity index (χ3v) is 1.58. The highest BCUT2D eigenvalue weighted by Gasteiger charge is 2.11. The molecule has 0 aromatic carbocycles. The molecule has 0 aromatic rings. The molecule has 1 rings (SSSR count). The van der Waals surface area contributed by atoms with Crippen molar-refractivity contribution >= 4 is 0 Å². The van der Waals surface area contributed by atoms with Crippen LogP contribution in [0.2, 0.25) is 0 Å². The van der Waals surface area contributed by atoms with E-state index in [2.05, 4.69) is 6.92 Å². The van der Waals surface area contributed by atoms with Crippen molar-refractivity contribution in [2.75, 3.05) is 13.2 Å². The van der Waals surface area contributed by atoms with Gasteiger partial charge in [-0.25, -0.2) is 0 Å². The van der Waals surface area contributed by atoms with Crippen LogP contribution in [0.25, 0.3) is 0 Å². The molecule has 0 amide bonds. The van der Waals surface area contributed by atoms with E-state index in [9.17, 15) is 0 Å². The van der Waals surface area contributed by atoms with Crippen LogP contribution in [0.1, 0.15) is 20.3 Å². The van der Waals surface area contributed by atoms with E-state index in [0.29, 0.717) is 5.92 Å². The second-order valence-electron chi connectivity index (χ2n) is 2.67. The van der Waals surface area contributed by atoms with Gasteiger partial charge < -0.3 is 9.47 Å². The van der Waals surface area contributed by atoms with Gasteiger partial charge >= 0.3 is 0 Å². The van der Waals surface area contributed by atoms with Gasteiger partial charge in [0, 0.05) is 0 Å². The van der Waals surface area contributed by atoms with Crippen LogP contribution in [0.4, 0.5) is 0 Å². The zero-order chi connectivity index (χ0) is 6.69. The zero-order valence-corrected chi connectivity index (χ0v) is 6.09. The summed E-state index contributed by atoms with van der Waals surface area (Å²) < 4.78 is 10.5. The van der Waals surface area contributed by atoms with Crippen molar-refractivity contribution in [1.29, 1.82) is 0 Å². The quantitative estimate of drug-likeness (QED) is 0.493. The zero-order valence-electron chi connectivity index (χ0n) is 6.09. The third kappa shape index (κ3) is 2.33. The Morgan fingerprint density at radius 3 is 2.78 bits per heavy atom. The molecule has 1 fully saturated rings. The van der Waals surface area contributed by atoms with Crippen molar-refractivity contribution in [3.05, 3.63) is 0 Å². The Morgan fingerprint density at radius 2 is 2.00 bits per heavy atom. The molecule has 0 aliphatic carbocycles. The van der Waals surface area contributed by atoms with Crippen molar-refractivity contribution in [3.63, 3.8) is 0 Å². The van der Waals surface area contributed by atoms with Gasteiger partial charge in [0.1, 0.15) is 0 Å². The highest BCUT2D eigenvalue weighted by Crippen LogP contribution is 2.10. The molecule has 2 nitrogen and oxygen atoms in total. The second-order valence-corrected chi connectivity index (χ2v) is 2.67. The fraction of sp³-hybridized carbons (Fsp3) is 1.00. The maximum Gasteiger partial charge on any atom is 0.154 e. The van der Waals surface area contributed by atoms with Gasteiger partial charge in [-0.05, 0) is 19.3 Å². The summed E-state index contributed by atoms with van der Waals surface area (Å²) in [7, 11) is 0. The highest BCUT2D eigenvalue weighted by molar-refractivity contribution is 4.54. The van der Waals surface area contributed by atoms with Gasteiger partial charge in [-0.2, -0.15) is 0 Å². The van der Waals surface area contributed by atoms with Crippen molar-refractivity contribution in [2.45, 2.75) is 26.6 Å². The first-order valence-electron chi connectivity index (χ1n) is 3.52. The normalized spacial score (nSPS) is 38.0. The Balaban J connectivity index is 2.25. The Labute approximate surface area is 56.2 Å². The summed E-state index contributed by atoms with van der Waals surface area (Å²) in [5.74, 6) is 0.662. The van der Waals surface area contributed by atoms with Crippen LogP contribution in [-0.2, 0) is 9.47 Å². The summed E-state index contributed by atoms with van der Waals surface area (Å²) in [4.78, 5) is 0. The molecule has 1 heterocycles. The number of ether oxygens (including phenoxy) is 2. The highest BCUT2D eigenvalue weighted by atomic mass is 16.7. The maximum absolute atomic E-state index is 5.29. The van der Waals surface area contributed by atoms with Gasteiger partial charge in [-0.15, -0.1) is 0 Å². The van der Waals surface area contributed by atoms with Gasteiger partial charge in [-0.3, -0.25) is 0 Å². The van der Waals surface area contributed by atoms with Gasteiger partial charge in [0.25, 0.3) is 0 Å². The van der Waals surface area contributed by atoms with E-state index in [0.717, 1.165) is 19.6 Å². The lowest BCUT2D eigenvalue weighted by Crippen LogP contribution is -2.10. The topological polar surface area (TPSA) is 18.5 Å². The minimum atomic E-state index is 0.00921. The van der Waals surface area contributed by atoms with Crippen molar-refractivity contribution < 1.29 is 9.47 Å². The molecule has 0 bridgehead atoms. The Morgan fingerprint density at radius 1 is 1.22 bits per heavy atom. The van der Waals surface area contributed by atoms with E-state index >= 15 is 0 Å². The summed E-state index contributed by atoms with van der Waals surface area (Å²) in [5.41, 5.74) is 0. The molecule has 1 aliphatic rings. The van der Waals surface area contributed by atoms with Crippen molar-refractivity contribution in [1.82, 2.24) is 0 Å². The molecule has 0 radical (unpaired) electrons. The molecule has 2 unspecified atom stereocenters. The lowest BCUT2D eigenvalue weighted by atomic mass is 10.1. The summed E-state index contributed by atoms with van der Waals surface area (Å²) in [6.07, 6.45) is 1.14. The van der Waals surface area contributed by atoms with E-state index in [4.69, 9.17) is 9.47 Å². The molecular weight excluding hydrogens is 116 g/mol. The minimum Gasteiger partial charge on any atom is -0.353 e. The molecular formula is C7H14O2. The Hall–Kier alpha value is -0.0800. The van der Waals surface area contributed by atoms with Crippen LogP contribution in [0.3, 0.4) is 0 Å². The van der Waals surface area contributed by atoms with E-state index in [-0.39, 0.29) is 6.29 Å². The van der Waals surface area contributed by atoms with Crippen LogP contribution >= 0.6 is 0 Å². The molecule has 0 saturated carbocycles. The lowest BCUT2D eigenvalue weighted by Gasteiger charge is -2.08. The lowest BCUT2D eigenvalue weighted by molar-refractivity contribution is -0.115. The second kappa shape index (κ2) is 3.18. The number of rotatable bonds is 0. The minimum absolute atomic E-state index is 0.00921. The third-order valence-electron chi connectivity index (χ3n) is 1.58. The van der Waals surface area contributed by atoms with E-state index < -0.39 is 0 Å².